The van der Waals surface area contributed by atoms with Crippen LogP contribution in [-0.4, -0.2) is 4.92 Å². The van der Waals surface area contributed by atoms with E-state index in [2.05, 4.69) is 0 Å². The number of nitro groups is 1. The summed E-state index contributed by atoms with van der Waals surface area (Å²) in [5.41, 5.74) is 0.879. The van der Waals surface area contributed by atoms with Gasteiger partial charge in [0.25, 0.3) is 5.69 Å². The summed E-state index contributed by atoms with van der Waals surface area (Å²) in [6.07, 6.45) is 0. The van der Waals surface area contributed by atoms with Crippen LogP contribution in [0.2, 0.25) is 5.02 Å². The fourth-order valence-corrected chi connectivity index (χ4v) is 1.70. The van der Waals surface area contributed by atoms with Crippen molar-refractivity contribution in [2.75, 3.05) is 0 Å². The Morgan fingerprint density at radius 2 is 1.76 bits per heavy atom. The van der Waals surface area contributed by atoms with Crippen molar-refractivity contribution >= 4 is 17.3 Å². The van der Waals surface area contributed by atoms with Crippen LogP contribution in [0.1, 0.15) is 0 Å². The van der Waals surface area contributed by atoms with Crippen LogP contribution in [0.15, 0.2) is 42.5 Å². The highest BCUT2D eigenvalue weighted by Crippen LogP contribution is 2.32. The zero-order chi connectivity index (χ0) is 12.4. The first-order valence-electron chi connectivity index (χ1n) is 4.78. The molecule has 0 aliphatic rings. The summed E-state index contributed by atoms with van der Waals surface area (Å²) in [5.74, 6) is -0.390. The Morgan fingerprint density at radius 1 is 1.12 bits per heavy atom. The average molecular weight is 252 g/mol. The van der Waals surface area contributed by atoms with E-state index in [1.165, 1.54) is 42.5 Å². The third kappa shape index (κ3) is 2.42. The first kappa shape index (κ1) is 11.5. The third-order valence-electron chi connectivity index (χ3n) is 2.31. The van der Waals surface area contributed by atoms with Gasteiger partial charge in [0.05, 0.1) is 10.5 Å². The lowest BCUT2D eigenvalue weighted by molar-refractivity contribution is -0.384. The van der Waals surface area contributed by atoms with Gasteiger partial charge in [-0.1, -0.05) is 23.7 Å². The molecule has 0 heterocycles. The van der Waals surface area contributed by atoms with Crippen LogP contribution in [0.3, 0.4) is 0 Å². The Labute approximate surface area is 102 Å². The van der Waals surface area contributed by atoms with E-state index in [0.29, 0.717) is 16.1 Å². The molecule has 0 unspecified atom stereocenters. The lowest BCUT2D eigenvalue weighted by Gasteiger charge is -2.03. The largest absolute Gasteiger partial charge is 0.277 e. The van der Waals surface area contributed by atoms with Crippen molar-refractivity contribution in [2.45, 2.75) is 0 Å². The molecule has 0 aliphatic heterocycles. The van der Waals surface area contributed by atoms with Crippen molar-refractivity contribution < 1.29 is 9.31 Å². The molecule has 0 aromatic heterocycles. The van der Waals surface area contributed by atoms with Gasteiger partial charge >= 0.3 is 0 Å². The molecule has 0 radical (unpaired) electrons. The van der Waals surface area contributed by atoms with Crippen molar-refractivity contribution in [1.82, 2.24) is 0 Å². The van der Waals surface area contributed by atoms with Gasteiger partial charge in [0.2, 0.25) is 0 Å². The van der Waals surface area contributed by atoms with E-state index >= 15 is 0 Å². The van der Waals surface area contributed by atoms with Gasteiger partial charge < -0.3 is 0 Å². The predicted octanol–water partition coefficient (Wildman–Crippen LogP) is 4.05. The molecule has 0 bridgehead atoms. The van der Waals surface area contributed by atoms with Gasteiger partial charge in [0.15, 0.2) is 0 Å². The Bertz CT molecular complexity index is 569. The van der Waals surface area contributed by atoms with Crippen LogP contribution < -0.4 is 0 Å². The first-order valence-corrected chi connectivity index (χ1v) is 5.15. The second-order valence-corrected chi connectivity index (χ2v) is 3.86. The highest BCUT2D eigenvalue weighted by atomic mass is 35.5. The van der Waals surface area contributed by atoms with E-state index in [1.54, 1.807) is 0 Å². The molecule has 2 rings (SSSR count). The molecule has 0 N–H and O–H groups in total. The average Bonchev–Trinajstić information content (AvgIpc) is 2.29. The molecule has 86 valence electrons. The number of rotatable bonds is 2. The number of hydrogen-bond donors (Lipinski definition) is 0. The SMILES string of the molecule is O=[N+]([O-])c1ccc(Cl)cc1-c1ccc(F)cc1. The monoisotopic (exact) mass is 251 g/mol. The summed E-state index contributed by atoms with van der Waals surface area (Å²) in [4.78, 5) is 10.4. The van der Waals surface area contributed by atoms with Crippen LogP contribution in [0.4, 0.5) is 10.1 Å². The third-order valence-corrected chi connectivity index (χ3v) is 2.55. The smallest absolute Gasteiger partial charge is 0.258 e. The summed E-state index contributed by atoms with van der Waals surface area (Å²) in [5, 5.41) is 11.3. The number of nitro benzene ring substituents is 1. The van der Waals surface area contributed by atoms with E-state index in [0.717, 1.165) is 0 Å². The zero-order valence-electron chi connectivity index (χ0n) is 8.56. The summed E-state index contributed by atoms with van der Waals surface area (Å²) >= 11 is 5.81. The quantitative estimate of drug-likeness (QED) is 0.597. The van der Waals surface area contributed by atoms with Gasteiger partial charge in [0, 0.05) is 11.1 Å². The Kier molecular flexibility index (Phi) is 3.06. The molecule has 0 amide bonds. The minimum Gasteiger partial charge on any atom is -0.258 e. The molecular weight excluding hydrogens is 245 g/mol. The molecule has 5 heteroatoms. The minimum atomic E-state index is -0.491. The van der Waals surface area contributed by atoms with Crippen molar-refractivity contribution in [3.8, 4) is 11.1 Å². The summed E-state index contributed by atoms with van der Waals surface area (Å²) < 4.78 is 12.8. The lowest BCUT2D eigenvalue weighted by atomic mass is 10.0. The van der Waals surface area contributed by atoms with Crippen molar-refractivity contribution in [2.24, 2.45) is 0 Å². The van der Waals surface area contributed by atoms with Crippen molar-refractivity contribution in [3.63, 3.8) is 0 Å². The van der Waals surface area contributed by atoms with E-state index in [4.69, 9.17) is 11.6 Å². The van der Waals surface area contributed by atoms with Crippen LogP contribution in [0, 0.1) is 15.9 Å². The van der Waals surface area contributed by atoms with Crippen molar-refractivity contribution in [3.05, 3.63) is 63.4 Å². The topological polar surface area (TPSA) is 43.1 Å². The molecular formula is C12H7ClFNO2. The maximum Gasteiger partial charge on any atom is 0.277 e. The van der Waals surface area contributed by atoms with Crippen LogP contribution in [0.5, 0.6) is 0 Å². The molecule has 0 atom stereocenters. The Hall–Kier alpha value is -1.94. The lowest BCUT2D eigenvalue weighted by Crippen LogP contribution is -1.92. The van der Waals surface area contributed by atoms with Gasteiger partial charge in [-0.15, -0.1) is 0 Å². The zero-order valence-corrected chi connectivity index (χ0v) is 9.32. The first-order chi connectivity index (χ1) is 8.08. The number of hydrogen-bond acceptors (Lipinski definition) is 2. The van der Waals surface area contributed by atoms with Gasteiger partial charge in [-0.2, -0.15) is 0 Å². The van der Waals surface area contributed by atoms with Gasteiger partial charge in [-0.05, 0) is 29.8 Å². The highest BCUT2D eigenvalue weighted by Gasteiger charge is 2.15. The number of nitrogens with zero attached hydrogens (tertiary/aromatic N) is 1. The number of benzene rings is 2. The van der Waals surface area contributed by atoms with Crippen LogP contribution in [-0.2, 0) is 0 Å². The summed E-state index contributed by atoms with van der Waals surface area (Å²) in [6.45, 7) is 0. The molecule has 0 saturated heterocycles. The normalized spacial score (nSPS) is 10.2. The van der Waals surface area contributed by atoms with E-state index in [1.807, 2.05) is 0 Å². The minimum absolute atomic E-state index is 0.0546. The highest BCUT2D eigenvalue weighted by molar-refractivity contribution is 6.31. The van der Waals surface area contributed by atoms with E-state index < -0.39 is 10.7 Å². The van der Waals surface area contributed by atoms with Gasteiger partial charge in [-0.3, -0.25) is 10.1 Å². The molecule has 0 saturated carbocycles. The fourth-order valence-electron chi connectivity index (χ4n) is 1.53. The van der Waals surface area contributed by atoms with Gasteiger partial charge in [-0.25, -0.2) is 4.39 Å². The maximum atomic E-state index is 12.8. The summed E-state index contributed by atoms with van der Waals surface area (Å²) in [6, 6.07) is 9.74. The molecule has 3 nitrogen and oxygen atoms in total. The molecule has 17 heavy (non-hydrogen) atoms. The molecule has 2 aromatic rings. The number of halogens is 2. The van der Waals surface area contributed by atoms with E-state index in [9.17, 15) is 14.5 Å². The van der Waals surface area contributed by atoms with E-state index in [-0.39, 0.29) is 5.69 Å². The molecule has 2 aromatic carbocycles. The van der Waals surface area contributed by atoms with Crippen LogP contribution >= 0.6 is 11.6 Å². The second kappa shape index (κ2) is 4.51. The standard InChI is InChI=1S/C12H7ClFNO2/c13-9-3-6-12(15(16)17)11(7-9)8-1-4-10(14)5-2-8/h1-7H. The maximum absolute atomic E-state index is 12.8. The molecule has 0 spiro atoms. The van der Waals surface area contributed by atoms with Gasteiger partial charge in [0.1, 0.15) is 5.82 Å². The summed E-state index contributed by atoms with van der Waals surface area (Å²) in [7, 11) is 0. The fraction of sp³-hybridized carbons (Fsp3) is 0. The van der Waals surface area contributed by atoms with Crippen molar-refractivity contribution in [1.29, 1.82) is 0 Å². The Morgan fingerprint density at radius 3 is 2.35 bits per heavy atom. The molecule has 0 fully saturated rings. The predicted molar refractivity (Wildman–Crippen MR) is 63.5 cm³/mol. The second-order valence-electron chi connectivity index (χ2n) is 3.43. The molecule has 0 aliphatic carbocycles. The van der Waals surface area contributed by atoms with Crippen LogP contribution in [0.25, 0.3) is 11.1 Å². The Balaban J connectivity index is 2.60.